The molecule has 37 heavy (non-hydrogen) atoms. The van der Waals surface area contributed by atoms with Gasteiger partial charge in [-0.15, -0.1) is 0 Å². The second-order valence-electron chi connectivity index (χ2n) is 9.93. The van der Waals surface area contributed by atoms with Crippen molar-refractivity contribution >= 4 is 23.5 Å². The molecule has 2 aromatic carbocycles. The van der Waals surface area contributed by atoms with E-state index in [-0.39, 0.29) is 19.0 Å². The van der Waals surface area contributed by atoms with Crippen LogP contribution in [0.5, 0.6) is 0 Å². The molecule has 0 unspecified atom stereocenters. The normalized spacial score (nSPS) is 21.4. The van der Waals surface area contributed by atoms with Crippen molar-refractivity contribution in [2.45, 2.75) is 44.6 Å². The Bertz CT molecular complexity index is 1080. The van der Waals surface area contributed by atoms with Crippen LogP contribution in [0.3, 0.4) is 0 Å². The summed E-state index contributed by atoms with van der Waals surface area (Å²) in [5, 5.41) is 0.671. The third-order valence-corrected chi connectivity index (χ3v) is 7.29. The van der Waals surface area contributed by atoms with Crippen molar-refractivity contribution in [3.8, 4) is 0 Å². The van der Waals surface area contributed by atoms with Gasteiger partial charge in [0, 0.05) is 49.9 Å². The molecule has 0 radical (unpaired) electrons. The zero-order valence-corrected chi connectivity index (χ0v) is 21.6. The summed E-state index contributed by atoms with van der Waals surface area (Å²) < 4.78 is 43.9. The molecule has 2 atom stereocenters. The van der Waals surface area contributed by atoms with Crippen LogP contribution in [-0.2, 0) is 16.1 Å². The summed E-state index contributed by atoms with van der Waals surface area (Å²) in [5.74, 6) is -2.20. The minimum Gasteiger partial charge on any atom is -0.452 e. The van der Waals surface area contributed by atoms with Gasteiger partial charge in [0.05, 0.1) is 12.6 Å². The van der Waals surface area contributed by atoms with Gasteiger partial charge in [0.2, 0.25) is 0 Å². The van der Waals surface area contributed by atoms with Gasteiger partial charge in [0.25, 0.3) is 5.91 Å². The van der Waals surface area contributed by atoms with Gasteiger partial charge in [0.1, 0.15) is 6.10 Å². The average Bonchev–Trinajstić information content (AvgIpc) is 3.28. The first-order valence-corrected chi connectivity index (χ1v) is 12.8. The largest absolute Gasteiger partial charge is 0.490 e. The molecule has 2 aromatic rings. The minimum atomic E-state index is -5.09. The Labute approximate surface area is 219 Å². The number of hydrogen-bond acceptors (Lipinski definition) is 5. The lowest BCUT2D eigenvalue weighted by atomic mass is 10.0. The van der Waals surface area contributed by atoms with Crippen LogP contribution in [0.4, 0.5) is 13.2 Å². The van der Waals surface area contributed by atoms with Crippen molar-refractivity contribution in [3.63, 3.8) is 0 Å². The van der Waals surface area contributed by atoms with E-state index in [9.17, 15) is 22.8 Å². The molecule has 2 saturated heterocycles. The molecule has 2 aliphatic heterocycles. The van der Waals surface area contributed by atoms with Crippen molar-refractivity contribution in [3.05, 3.63) is 70.2 Å². The molecule has 0 spiro atoms. The molecule has 0 aromatic heterocycles. The van der Waals surface area contributed by atoms with Gasteiger partial charge in [-0.3, -0.25) is 14.6 Å². The molecule has 1 amide bonds. The predicted molar refractivity (Wildman–Crippen MR) is 134 cm³/mol. The number of benzene rings is 2. The van der Waals surface area contributed by atoms with Crippen LogP contribution in [0.1, 0.15) is 41.3 Å². The molecule has 0 bridgehead atoms. The van der Waals surface area contributed by atoms with Gasteiger partial charge in [-0.05, 0) is 41.3 Å². The first kappa shape index (κ1) is 27.4. The number of rotatable bonds is 6. The van der Waals surface area contributed by atoms with E-state index in [0.717, 1.165) is 17.7 Å². The molecular weight excluding hydrogens is 507 g/mol. The van der Waals surface area contributed by atoms with Crippen molar-refractivity contribution < 1.29 is 27.5 Å². The molecule has 2 heterocycles. The molecule has 0 saturated carbocycles. The number of carbonyl (C=O) groups is 2. The number of piperazine rings is 1. The summed E-state index contributed by atoms with van der Waals surface area (Å²) in [7, 11) is 0. The number of carbonyl (C=O) groups excluding carboxylic acids is 2. The molecule has 4 rings (SSSR count). The molecular formula is C27H31ClF3N3O3. The molecule has 2 aliphatic rings. The maximum Gasteiger partial charge on any atom is 0.490 e. The maximum absolute atomic E-state index is 13.2. The Morgan fingerprint density at radius 1 is 0.973 bits per heavy atom. The first-order chi connectivity index (χ1) is 17.5. The van der Waals surface area contributed by atoms with Crippen LogP contribution in [-0.4, -0.2) is 84.2 Å². The van der Waals surface area contributed by atoms with Gasteiger partial charge < -0.3 is 9.64 Å². The van der Waals surface area contributed by atoms with Gasteiger partial charge in [-0.2, -0.15) is 13.2 Å². The number of amides is 1. The summed E-state index contributed by atoms with van der Waals surface area (Å²) in [6.45, 7) is 7.52. The average molecular weight is 538 g/mol. The third kappa shape index (κ3) is 6.83. The Balaban J connectivity index is 1.43. The molecule has 10 heteroatoms. The highest BCUT2D eigenvalue weighted by Gasteiger charge is 2.47. The number of nitrogens with zero attached hydrogens (tertiary/aromatic N) is 3. The van der Waals surface area contributed by atoms with Crippen molar-refractivity contribution in [1.29, 1.82) is 0 Å². The molecule has 200 valence electrons. The van der Waals surface area contributed by atoms with Gasteiger partial charge in [-0.25, -0.2) is 4.79 Å². The van der Waals surface area contributed by atoms with Crippen LogP contribution >= 0.6 is 11.6 Å². The number of esters is 1. The highest BCUT2D eigenvalue weighted by Crippen LogP contribution is 2.27. The SMILES string of the molecule is CC(C)c1ccc(C(=O)N2C[C@H](OC(=O)C(F)(F)F)[C@@H](N3CCN(Cc4ccc(Cl)cc4)CC3)C2)cc1. The predicted octanol–water partition coefficient (Wildman–Crippen LogP) is 4.58. The fourth-order valence-corrected chi connectivity index (χ4v) is 5.01. The Morgan fingerprint density at radius 3 is 2.16 bits per heavy atom. The number of halogens is 4. The van der Waals surface area contributed by atoms with E-state index >= 15 is 0 Å². The van der Waals surface area contributed by atoms with E-state index in [1.54, 1.807) is 12.1 Å². The van der Waals surface area contributed by atoms with Crippen molar-refractivity contribution in [2.75, 3.05) is 39.3 Å². The van der Waals surface area contributed by atoms with Crippen LogP contribution in [0.15, 0.2) is 48.5 Å². The summed E-state index contributed by atoms with van der Waals surface area (Å²) in [4.78, 5) is 30.7. The van der Waals surface area contributed by atoms with E-state index < -0.39 is 24.3 Å². The fraction of sp³-hybridized carbons (Fsp3) is 0.481. The first-order valence-electron chi connectivity index (χ1n) is 12.4. The van der Waals surface area contributed by atoms with E-state index in [4.69, 9.17) is 16.3 Å². The zero-order valence-electron chi connectivity index (χ0n) is 20.9. The summed E-state index contributed by atoms with van der Waals surface area (Å²) in [5.41, 5.74) is 2.67. The summed E-state index contributed by atoms with van der Waals surface area (Å²) in [6.07, 6.45) is -6.15. The standard InChI is InChI=1S/C27H31ClF3N3O3/c1-18(2)20-5-7-21(8-6-20)25(35)34-16-23(24(17-34)37-26(36)27(29,30)31)33-13-11-32(12-14-33)15-19-3-9-22(28)10-4-19/h3-10,18,23-24H,11-17H2,1-2H3/t23-,24-/m0/s1. The summed E-state index contributed by atoms with van der Waals surface area (Å²) >= 11 is 5.96. The van der Waals surface area contributed by atoms with E-state index in [0.29, 0.717) is 42.7 Å². The lowest BCUT2D eigenvalue weighted by Crippen LogP contribution is -2.54. The topological polar surface area (TPSA) is 53.1 Å². The quantitative estimate of drug-likeness (QED) is 0.505. The van der Waals surface area contributed by atoms with Gasteiger partial charge in [0.15, 0.2) is 0 Å². The van der Waals surface area contributed by atoms with Crippen LogP contribution in [0.25, 0.3) is 0 Å². The Kier molecular flexibility index (Phi) is 8.46. The lowest BCUT2D eigenvalue weighted by Gasteiger charge is -2.39. The van der Waals surface area contributed by atoms with E-state index in [1.807, 2.05) is 41.3 Å². The molecule has 2 fully saturated rings. The van der Waals surface area contributed by atoms with Crippen LogP contribution in [0.2, 0.25) is 5.02 Å². The van der Waals surface area contributed by atoms with Crippen LogP contribution < -0.4 is 0 Å². The summed E-state index contributed by atoms with van der Waals surface area (Å²) in [6, 6.07) is 14.3. The Morgan fingerprint density at radius 2 is 1.59 bits per heavy atom. The molecule has 0 aliphatic carbocycles. The maximum atomic E-state index is 13.2. The fourth-order valence-electron chi connectivity index (χ4n) is 4.89. The zero-order chi connectivity index (χ0) is 26.7. The third-order valence-electron chi connectivity index (χ3n) is 7.03. The van der Waals surface area contributed by atoms with Crippen molar-refractivity contribution in [2.24, 2.45) is 0 Å². The van der Waals surface area contributed by atoms with Gasteiger partial charge in [-0.1, -0.05) is 49.7 Å². The second kappa shape index (κ2) is 11.4. The molecule has 0 N–H and O–H groups in total. The number of hydrogen-bond donors (Lipinski definition) is 0. The highest BCUT2D eigenvalue weighted by atomic mass is 35.5. The monoisotopic (exact) mass is 537 g/mol. The van der Waals surface area contributed by atoms with E-state index in [2.05, 4.69) is 18.7 Å². The number of alkyl halides is 3. The van der Waals surface area contributed by atoms with E-state index in [1.165, 1.54) is 4.90 Å². The number of likely N-dealkylation sites (tertiary alicyclic amines) is 1. The van der Waals surface area contributed by atoms with Gasteiger partial charge >= 0.3 is 12.1 Å². The van der Waals surface area contributed by atoms with Crippen LogP contribution in [0, 0.1) is 0 Å². The lowest BCUT2D eigenvalue weighted by molar-refractivity contribution is -0.206. The molecule has 6 nitrogen and oxygen atoms in total. The minimum absolute atomic E-state index is 0.0811. The highest BCUT2D eigenvalue weighted by molar-refractivity contribution is 6.30. The van der Waals surface area contributed by atoms with Crippen molar-refractivity contribution in [1.82, 2.24) is 14.7 Å². The Hall–Kier alpha value is -2.62. The second-order valence-corrected chi connectivity index (χ2v) is 10.4. The number of ether oxygens (including phenoxy) is 1. The smallest absolute Gasteiger partial charge is 0.452 e.